The molecule has 1 atom stereocenters. The first-order valence-corrected chi connectivity index (χ1v) is 6.59. The van der Waals surface area contributed by atoms with Crippen LogP contribution in [0.5, 0.6) is 0 Å². The third kappa shape index (κ3) is 4.93. The molecule has 14 heavy (non-hydrogen) atoms. The number of hydrogen-bond donors (Lipinski definition) is 1. The van der Waals surface area contributed by atoms with Crippen LogP contribution in [-0.2, 0) is 10.0 Å². The zero-order chi connectivity index (χ0) is 11.2. The van der Waals surface area contributed by atoms with E-state index in [-0.39, 0.29) is 12.4 Å². The van der Waals surface area contributed by atoms with Crippen molar-refractivity contribution < 1.29 is 13.5 Å². The summed E-state index contributed by atoms with van der Waals surface area (Å²) in [6, 6.07) is 0. The summed E-state index contributed by atoms with van der Waals surface area (Å²) in [6.07, 6.45) is 1.28. The molecule has 0 heterocycles. The van der Waals surface area contributed by atoms with Gasteiger partial charge >= 0.3 is 0 Å². The van der Waals surface area contributed by atoms with E-state index in [9.17, 15) is 8.42 Å². The van der Waals surface area contributed by atoms with Gasteiger partial charge in [-0.2, -0.15) is 0 Å². The lowest BCUT2D eigenvalue weighted by Gasteiger charge is -2.20. The van der Waals surface area contributed by atoms with E-state index in [0.717, 1.165) is 6.42 Å². The first-order valence-electron chi connectivity index (χ1n) is 4.99. The minimum atomic E-state index is -3.15. The summed E-state index contributed by atoms with van der Waals surface area (Å²) in [5.41, 5.74) is 0. The number of aliphatic hydroxyl groups excluding tert-OH is 1. The molecule has 0 aliphatic carbocycles. The molecule has 1 unspecified atom stereocenters. The maximum Gasteiger partial charge on any atom is 0.213 e. The average Bonchev–Trinajstić information content (AvgIpc) is 2.14. The molecule has 0 spiro atoms. The third-order valence-corrected chi connectivity index (χ3v) is 4.20. The number of rotatable bonds is 7. The van der Waals surface area contributed by atoms with Gasteiger partial charge < -0.3 is 5.11 Å². The Morgan fingerprint density at radius 2 is 2.00 bits per heavy atom. The van der Waals surface area contributed by atoms with Crippen molar-refractivity contribution in [3.8, 4) is 0 Å². The van der Waals surface area contributed by atoms with Gasteiger partial charge in [0.1, 0.15) is 0 Å². The van der Waals surface area contributed by atoms with Crippen LogP contribution in [0.4, 0.5) is 0 Å². The number of aliphatic hydroxyl groups is 1. The largest absolute Gasteiger partial charge is 0.396 e. The van der Waals surface area contributed by atoms with Crippen LogP contribution >= 0.6 is 0 Å². The molecule has 0 bridgehead atoms. The van der Waals surface area contributed by atoms with E-state index in [2.05, 4.69) is 0 Å². The maximum atomic E-state index is 11.6. The standard InChI is InChI=1S/C9H21NO3S/c1-4-9(2)8-10(3)14(12,13)7-5-6-11/h9,11H,4-8H2,1-3H3. The highest BCUT2D eigenvalue weighted by Gasteiger charge is 2.18. The van der Waals surface area contributed by atoms with E-state index >= 15 is 0 Å². The Hall–Kier alpha value is -0.130. The monoisotopic (exact) mass is 223 g/mol. The summed E-state index contributed by atoms with van der Waals surface area (Å²) in [4.78, 5) is 0. The Kier molecular flexibility index (Phi) is 6.31. The van der Waals surface area contributed by atoms with E-state index in [0.29, 0.717) is 18.9 Å². The van der Waals surface area contributed by atoms with Crippen molar-refractivity contribution in [2.24, 2.45) is 5.92 Å². The van der Waals surface area contributed by atoms with Crippen LogP contribution in [-0.4, -0.2) is 43.8 Å². The van der Waals surface area contributed by atoms with E-state index in [1.165, 1.54) is 4.31 Å². The summed E-state index contributed by atoms with van der Waals surface area (Å²) in [5, 5.41) is 8.56. The summed E-state index contributed by atoms with van der Waals surface area (Å²) in [7, 11) is -1.56. The molecular formula is C9H21NO3S. The number of nitrogens with zero attached hydrogens (tertiary/aromatic N) is 1. The highest BCUT2D eigenvalue weighted by Crippen LogP contribution is 2.07. The topological polar surface area (TPSA) is 57.6 Å². The van der Waals surface area contributed by atoms with Crippen molar-refractivity contribution >= 4 is 10.0 Å². The van der Waals surface area contributed by atoms with Gasteiger partial charge in [-0.15, -0.1) is 0 Å². The van der Waals surface area contributed by atoms with Gasteiger partial charge in [-0.1, -0.05) is 20.3 Å². The second-order valence-electron chi connectivity index (χ2n) is 3.69. The smallest absolute Gasteiger partial charge is 0.213 e. The average molecular weight is 223 g/mol. The lowest BCUT2D eigenvalue weighted by Crippen LogP contribution is -2.33. The van der Waals surface area contributed by atoms with E-state index in [1.807, 2.05) is 13.8 Å². The molecule has 0 amide bonds. The fourth-order valence-corrected chi connectivity index (χ4v) is 2.37. The third-order valence-electron chi connectivity index (χ3n) is 2.30. The second kappa shape index (κ2) is 6.37. The predicted octanol–water partition coefficient (Wildman–Crippen LogP) is 0.677. The molecule has 0 rings (SSSR count). The quantitative estimate of drug-likeness (QED) is 0.690. The van der Waals surface area contributed by atoms with Crippen molar-refractivity contribution in [3.05, 3.63) is 0 Å². The van der Waals surface area contributed by atoms with Crippen LogP contribution in [0, 0.1) is 5.92 Å². The van der Waals surface area contributed by atoms with Gasteiger partial charge in [0.2, 0.25) is 10.0 Å². The van der Waals surface area contributed by atoms with Gasteiger partial charge in [0.25, 0.3) is 0 Å². The summed E-state index contributed by atoms with van der Waals surface area (Å²) in [5.74, 6) is 0.417. The molecule has 0 aliphatic rings. The Bertz CT molecular complexity index is 238. The fraction of sp³-hybridized carbons (Fsp3) is 1.00. The summed E-state index contributed by atoms with van der Waals surface area (Å²) in [6.45, 7) is 4.55. The summed E-state index contributed by atoms with van der Waals surface area (Å²) < 4.78 is 24.5. The van der Waals surface area contributed by atoms with Gasteiger partial charge in [0.15, 0.2) is 0 Å². The van der Waals surface area contributed by atoms with Gasteiger partial charge in [0.05, 0.1) is 5.75 Å². The summed E-state index contributed by atoms with van der Waals surface area (Å²) >= 11 is 0. The first-order chi connectivity index (χ1) is 6.44. The Balaban J connectivity index is 4.14. The van der Waals surface area contributed by atoms with Crippen molar-refractivity contribution in [1.29, 1.82) is 0 Å². The van der Waals surface area contributed by atoms with E-state index in [1.54, 1.807) is 7.05 Å². The zero-order valence-corrected chi connectivity index (χ0v) is 10.0. The highest BCUT2D eigenvalue weighted by atomic mass is 32.2. The zero-order valence-electron chi connectivity index (χ0n) is 9.23. The van der Waals surface area contributed by atoms with E-state index in [4.69, 9.17) is 5.11 Å². The van der Waals surface area contributed by atoms with Gasteiger partial charge in [-0.3, -0.25) is 0 Å². The molecule has 0 aliphatic heterocycles. The van der Waals surface area contributed by atoms with Crippen LogP contribution < -0.4 is 0 Å². The van der Waals surface area contributed by atoms with Crippen molar-refractivity contribution in [2.75, 3.05) is 26.0 Å². The molecule has 0 aromatic rings. The molecule has 0 fully saturated rings. The molecule has 86 valence electrons. The molecule has 0 saturated carbocycles. The lowest BCUT2D eigenvalue weighted by atomic mass is 10.1. The molecule has 0 aromatic heterocycles. The molecule has 0 aromatic carbocycles. The van der Waals surface area contributed by atoms with Gasteiger partial charge in [-0.25, -0.2) is 12.7 Å². The SMILES string of the molecule is CCC(C)CN(C)S(=O)(=O)CCCO. The molecular weight excluding hydrogens is 202 g/mol. The molecule has 0 radical (unpaired) electrons. The Morgan fingerprint density at radius 1 is 1.43 bits per heavy atom. The fourth-order valence-electron chi connectivity index (χ4n) is 1.08. The Morgan fingerprint density at radius 3 is 2.43 bits per heavy atom. The van der Waals surface area contributed by atoms with Crippen LogP contribution in [0.25, 0.3) is 0 Å². The van der Waals surface area contributed by atoms with Crippen LogP contribution in [0.3, 0.4) is 0 Å². The molecule has 5 heteroatoms. The van der Waals surface area contributed by atoms with Crippen LogP contribution in [0.1, 0.15) is 26.7 Å². The maximum absolute atomic E-state index is 11.6. The molecule has 1 N–H and O–H groups in total. The predicted molar refractivity (Wildman–Crippen MR) is 57.6 cm³/mol. The van der Waals surface area contributed by atoms with Gasteiger partial charge in [0, 0.05) is 20.2 Å². The van der Waals surface area contributed by atoms with Crippen molar-refractivity contribution in [2.45, 2.75) is 26.7 Å². The van der Waals surface area contributed by atoms with Crippen molar-refractivity contribution in [1.82, 2.24) is 4.31 Å². The van der Waals surface area contributed by atoms with Crippen LogP contribution in [0.15, 0.2) is 0 Å². The van der Waals surface area contributed by atoms with E-state index < -0.39 is 10.0 Å². The Labute approximate surface area is 87.0 Å². The van der Waals surface area contributed by atoms with Gasteiger partial charge in [-0.05, 0) is 12.3 Å². The number of sulfonamides is 1. The molecule has 0 saturated heterocycles. The second-order valence-corrected chi connectivity index (χ2v) is 5.88. The van der Waals surface area contributed by atoms with Crippen LogP contribution in [0.2, 0.25) is 0 Å². The first kappa shape index (κ1) is 13.9. The highest BCUT2D eigenvalue weighted by molar-refractivity contribution is 7.89. The number of hydrogen-bond acceptors (Lipinski definition) is 3. The minimum Gasteiger partial charge on any atom is -0.396 e. The van der Waals surface area contributed by atoms with Crippen molar-refractivity contribution in [3.63, 3.8) is 0 Å². The minimum absolute atomic E-state index is 0.0381. The lowest BCUT2D eigenvalue weighted by molar-refractivity contribution is 0.294. The normalized spacial score (nSPS) is 14.6. The molecule has 4 nitrogen and oxygen atoms in total.